The fraction of sp³-hybridized carbons (Fsp3) is 0.348. The van der Waals surface area contributed by atoms with Crippen molar-refractivity contribution >= 4 is 21.8 Å². The Labute approximate surface area is 162 Å². The third-order valence-electron chi connectivity index (χ3n) is 6.28. The van der Waals surface area contributed by atoms with Gasteiger partial charge in [0.25, 0.3) is 0 Å². The smallest absolute Gasteiger partial charge is 0.136 e. The molecule has 1 aliphatic heterocycles. The zero-order valence-corrected chi connectivity index (χ0v) is 16.1. The zero-order valence-electron chi connectivity index (χ0n) is 16.1. The number of hydrogen-bond donors (Lipinski definition) is 3. The highest BCUT2D eigenvalue weighted by Crippen LogP contribution is 2.52. The van der Waals surface area contributed by atoms with Crippen molar-refractivity contribution < 1.29 is 20.1 Å². The number of aromatic hydroxyl groups is 1. The lowest BCUT2D eigenvalue weighted by Crippen LogP contribution is -2.47. The molecule has 0 saturated carbocycles. The number of phenolic OH excluding ortho intramolecular Hbond substituents is 1. The van der Waals surface area contributed by atoms with Crippen LogP contribution in [0.3, 0.4) is 0 Å². The van der Waals surface area contributed by atoms with Gasteiger partial charge in [0.05, 0.1) is 17.1 Å². The molecule has 2 aromatic carbocycles. The van der Waals surface area contributed by atoms with Gasteiger partial charge < -0.3 is 20.1 Å². The molecule has 3 atom stereocenters. The van der Waals surface area contributed by atoms with Gasteiger partial charge in [-0.05, 0) is 12.1 Å². The predicted octanol–water partition coefficient (Wildman–Crippen LogP) is 4.00. The number of ether oxygens (including phenoxy) is 1. The van der Waals surface area contributed by atoms with Crippen LogP contribution in [0.15, 0.2) is 47.7 Å². The van der Waals surface area contributed by atoms with Crippen LogP contribution in [0.4, 0.5) is 0 Å². The summed E-state index contributed by atoms with van der Waals surface area (Å²) in [5.41, 5.74) is 2.55. The molecule has 2 aliphatic rings. The summed E-state index contributed by atoms with van der Waals surface area (Å²) in [5, 5.41) is 33.7. The van der Waals surface area contributed by atoms with E-state index in [1.54, 1.807) is 6.07 Å². The Bertz CT molecular complexity index is 1160. The minimum atomic E-state index is -0.994. The maximum absolute atomic E-state index is 10.8. The number of para-hydroxylation sites is 1. The zero-order chi connectivity index (χ0) is 19.8. The van der Waals surface area contributed by atoms with Crippen LogP contribution in [0.1, 0.15) is 38.7 Å². The van der Waals surface area contributed by atoms with Crippen LogP contribution in [0, 0.1) is 5.41 Å². The van der Waals surface area contributed by atoms with Gasteiger partial charge in [-0.3, -0.25) is 0 Å². The number of hydrogen-bond acceptors (Lipinski definition) is 5. The summed E-state index contributed by atoms with van der Waals surface area (Å²) in [4.78, 5) is 4.81. The van der Waals surface area contributed by atoms with Gasteiger partial charge in [-0.25, -0.2) is 4.98 Å². The minimum Gasteiger partial charge on any atom is -0.507 e. The Hall–Kier alpha value is -2.63. The van der Waals surface area contributed by atoms with Crippen LogP contribution in [0.2, 0.25) is 0 Å². The van der Waals surface area contributed by atoms with E-state index >= 15 is 0 Å². The summed E-state index contributed by atoms with van der Waals surface area (Å²) in [7, 11) is 0. The highest BCUT2D eigenvalue weighted by Gasteiger charge is 2.46. The van der Waals surface area contributed by atoms with Gasteiger partial charge in [0.15, 0.2) is 0 Å². The summed E-state index contributed by atoms with van der Waals surface area (Å²) in [6.45, 7) is 5.83. The quantitative estimate of drug-likeness (QED) is 0.516. The number of benzene rings is 2. The lowest BCUT2D eigenvalue weighted by atomic mass is 9.69. The maximum Gasteiger partial charge on any atom is 0.136 e. The topological polar surface area (TPSA) is 82.8 Å². The Morgan fingerprint density at radius 3 is 2.68 bits per heavy atom. The molecule has 5 rings (SSSR count). The van der Waals surface area contributed by atoms with Crippen LogP contribution >= 0.6 is 0 Å². The van der Waals surface area contributed by atoms with Crippen LogP contribution in [-0.4, -0.2) is 32.5 Å². The number of fused-ring (bicyclic) bond motifs is 4. The van der Waals surface area contributed by atoms with Gasteiger partial charge in [0.2, 0.25) is 0 Å². The summed E-state index contributed by atoms with van der Waals surface area (Å²) >= 11 is 0. The number of aliphatic hydroxyl groups excluding tert-OH is 2. The number of nitrogens with zero attached hydrogens (tertiary/aromatic N) is 1. The molecule has 3 aromatic rings. The van der Waals surface area contributed by atoms with Gasteiger partial charge in [-0.1, -0.05) is 39.0 Å². The van der Waals surface area contributed by atoms with Crippen molar-refractivity contribution in [2.75, 3.05) is 0 Å². The summed E-state index contributed by atoms with van der Waals surface area (Å²) < 4.78 is 6.17. The highest BCUT2D eigenvalue weighted by atomic mass is 16.5. The van der Waals surface area contributed by atoms with E-state index in [9.17, 15) is 15.3 Å². The lowest BCUT2D eigenvalue weighted by molar-refractivity contribution is -0.0541. The van der Waals surface area contributed by atoms with Crippen LogP contribution in [0.25, 0.3) is 21.8 Å². The number of rotatable bonds is 0. The molecule has 0 saturated heterocycles. The summed E-state index contributed by atoms with van der Waals surface area (Å²) in [6.07, 6.45) is -1.34. The molecular weight excluding hydrogens is 354 g/mol. The van der Waals surface area contributed by atoms with Crippen molar-refractivity contribution in [3.8, 4) is 11.5 Å². The third-order valence-corrected chi connectivity index (χ3v) is 6.28. The normalized spacial score (nSPS) is 26.1. The molecule has 0 radical (unpaired) electrons. The van der Waals surface area contributed by atoms with Gasteiger partial charge in [-0.2, -0.15) is 0 Å². The van der Waals surface area contributed by atoms with Crippen molar-refractivity contribution in [1.29, 1.82) is 0 Å². The molecule has 144 valence electrons. The van der Waals surface area contributed by atoms with E-state index in [-0.39, 0.29) is 11.7 Å². The molecule has 3 N–H and O–H groups in total. The van der Waals surface area contributed by atoms with Crippen LogP contribution < -0.4 is 4.74 Å². The Morgan fingerprint density at radius 1 is 1.14 bits per heavy atom. The second kappa shape index (κ2) is 5.69. The van der Waals surface area contributed by atoms with Crippen LogP contribution in [0.5, 0.6) is 11.5 Å². The maximum atomic E-state index is 10.8. The number of aliphatic hydroxyl groups is 2. The molecule has 1 aliphatic carbocycles. The first-order chi connectivity index (χ1) is 13.3. The van der Waals surface area contributed by atoms with E-state index in [0.29, 0.717) is 34.4 Å². The first-order valence-corrected chi connectivity index (χ1v) is 9.60. The largest absolute Gasteiger partial charge is 0.507 e. The van der Waals surface area contributed by atoms with Gasteiger partial charge in [0, 0.05) is 45.7 Å². The van der Waals surface area contributed by atoms with E-state index in [1.807, 2.05) is 51.1 Å². The first kappa shape index (κ1) is 17.5. The Morgan fingerprint density at radius 2 is 1.89 bits per heavy atom. The van der Waals surface area contributed by atoms with Gasteiger partial charge >= 0.3 is 0 Å². The summed E-state index contributed by atoms with van der Waals surface area (Å²) in [6, 6.07) is 11.3. The number of aromatic nitrogens is 1. The standard InChI is InChI=1S/C23H23NO4/c1-11-18-16(28-17-10-23(2,3)22(27)21(26)19(11)17)9-15(25)13-8-12-6-4-5-7-14(12)24-20(13)18/h4-9,11,21-22,25-27H,10H2,1-3H3/t11?,21-,22-/m0/s1. The Balaban J connectivity index is 1.77. The van der Waals surface area contributed by atoms with Crippen LogP contribution in [-0.2, 0) is 0 Å². The number of allylic oxidation sites excluding steroid dienone is 1. The van der Waals surface area contributed by atoms with E-state index in [0.717, 1.165) is 16.5 Å². The molecule has 28 heavy (non-hydrogen) atoms. The molecule has 1 unspecified atom stereocenters. The fourth-order valence-corrected chi connectivity index (χ4v) is 4.68. The average Bonchev–Trinajstić information content (AvgIpc) is 2.64. The molecule has 0 bridgehead atoms. The van der Waals surface area contributed by atoms with Crippen molar-refractivity contribution in [2.45, 2.75) is 45.3 Å². The van der Waals surface area contributed by atoms with Crippen molar-refractivity contribution in [3.63, 3.8) is 0 Å². The second-order valence-electron chi connectivity index (χ2n) is 8.64. The number of pyridine rings is 1. The van der Waals surface area contributed by atoms with Crippen molar-refractivity contribution in [2.24, 2.45) is 5.41 Å². The highest BCUT2D eigenvalue weighted by molar-refractivity contribution is 5.99. The minimum absolute atomic E-state index is 0.124. The fourth-order valence-electron chi connectivity index (χ4n) is 4.68. The SMILES string of the molecule is CC1C2=C(CC(C)(C)[C@@H](O)[C@H]2O)Oc2cc(O)c3cc4ccccc4nc3c21. The summed E-state index contributed by atoms with van der Waals surface area (Å²) in [5.74, 6) is 1.19. The van der Waals surface area contributed by atoms with E-state index in [2.05, 4.69) is 0 Å². The molecule has 1 aromatic heterocycles. The van der Waals surface area contributed by atoms with Gasteiger partial charge in [0.1, 0.15) is 23.4 Å². The van der Waals surface area contributed by atoms with E-state index in [4.69, 9.17) is 9.72 Å². The predicted molar refractivity (Wildman–Crippen MR) is 107 cm³/mol. The van der Waals surface area contributed by atoms with E-state index < -0.39 is 17.6 Å². The molecule has 2 heterocycles. The molecule has 0 amide bonds. The van der Waals surface area contributed by atoms with Crippen molar-refractivity contribution in [1.82, 2.24) is 4.98 Å². The molecule has 5 nitrogen and oxygen atoms in total. The lowest BCUT2D eigenvalue weighted by Gasteiger charge is -2.44. The second-order valence-corrected chi connectivity index (χ2v) is 8.64. The van der Waals surface area contributed by atoms with Crippen molar-refractivity contribution in [3.05, 3.63) is 53.3 Å². The Kier molecular flexibility index (Phi) is 3.55. The third kappa shape index (κ3) is 2.30. The molecule has 5 heteroatoms. The average molecular weight is 377 g/mol. The number of phenols is 1. The molecular formula is C23H23NO4. The molecule has 0 fully saturated rings. The van der Waals surface area contributed by atoms with E-state index in [1.165, 1.54) is 0 Å². The monoisotopic (exact) mass is 377 g/mol. The van der Waals surface area contributed by atoms with Gasteiger partial charge in [-0.15, -0.1) is 0 Å². The first-order valence-electron chi connectivity index (χ1n) is 9.60. The molecule has 0 spiro atoms.